The molecule has 1 aromatic carbocycles. The van der Waals surface area contributed by atoms with Crippen molar-refractivity contribution in [3.63, 3.8) is 0 Å². The summed E-state index contributed by atoms with van der Waals surface area (Å²) in [5, 5.41) is 3.47. The van der Waals surface area contributed by atoms with Gasteiger partial charge in [-0.05, 0) is 55.5 Å². The Labute approximate surface area is 129 Å². The molecule has 1 N–H and O–H groups in total. The van der Waals surface area contributed by atoms with Gasteiger partial charge < -0.3 is 10.2 Å². The number of hydrogen-bond acceptors (Lipinski definition) is 5. The van der Waals surface area contributed by atoms with Crippen molar-refractivity contribution >= 4 is 29.2 Å². The molecule has 6 heteroatoms. The lowest BCUT2D eigenvalue weighted by molar-refractivity contribution is 0.883. The van der Waals surface area contributed by atoms with Crippen molar-refractivity contribution in [2.24, 2.45) is 0 Å². The van der Waals surface area contributed by atoms with Gasteiger partial charge in [-0.3, -0.25) is 0 Å². The molecule has 1 saturated heterocycles. The largest absolute Gasteiger partial charge is 0.341 e. The van der Waals surface area contributed by atoms with Gasteiger partial charge in [-0.25, -0.2) is 0 Å². The Hall–Kier alpha value is -1.88. The summed E-state index contributed by atoms with van der Waals surface area (Å²) in [6.07, 6.45) is 2.34. The van der Waals surface area contributed by atoms with E-state index in [2.05, 4.69) is 50.3 Å². The third kappa shape index (κ3) is 3.24. The van der Waals surface area contributed by atoms with Gasteiger partial charge in [0.05, 0.1) is 0 Å². The molecule has 3 rings (SSSR count). The van der Waals surface area contributed by atoms with Gasteiger partial charge in [-0.1, -0.05) is 12.1 Å². The second kappa shape index (κ2) is 5.85. The summed E-state index contributed by atoms with van der Waals surface area (Å²) in [6, 6.07) is 6.22. The highest BCUT2D eigenvalue weighted by Gasteiger charge is 2.17. The Kier molecular flexibility index (Phi) is 3.92. The average molecular weight is 304 g/mol. The monoisotopic (exact) mass is 303 g/mol. The highest BCUT2D eigenvalue weighted by Crippen LogP contribution is 2.23. The summed E-state index contributed by atoms with van der Waals surface area (Å²) in [4.78, 5) is 15.0. The summed E-state index contributed by atoms with van der Waals surface area (Å²) in [7, 11) is 0. The number of benzene rings is 1. The molecule has 5 nitrogen and oxygen atoms in total. The van der Waals surface area contributed by atoms with Crippen molar-refractivity contribution in [1.29, 1.82) is 0 Å². The van der Waals surface area contributed by atoms with Gasteiger partial charge in [-0.2, -0.15) is 15.0 Å². The van der Waals surface area contributed by atoms with E-state index in [1.807, 2.05) is 6.92 Å². The predicted octanol–water partition coefficient (Wildman–Crippen LogP) is 3.49. The first-order chi connectivity index (χ1) is 10.1. The molecular formula is C15H18ClN5. The third-order valence-corrected chi connectivity index (χ3v) is 3.79. The fourth-order valence-electron chi connectivity index (χ4n) is 2.45. The van der Waals surface area contributed by atoms with Crippen LogP contribution < -0.4 is 10.2 Å². The first kappa shape index (κ1) is 14.1. The Bertz CT molecular complexity index is 653. The highest BCUT2D eigenvalue weighted by molar-refractivity contribution is 6.28. The topological polar surface area (TPSA) is 53.9 Å². The van der Waals surface area contributed by atoms with Crippen LogP contribution in [0, 0.1) is 13.8 Å². The smallest absolute Gasteiger partial charge is 0.233 e. The lowest BCUT2D eigenvalue weighted by Crippen LogP contribution is -2.21. The van der Waals surface area contributed by atoms with Crippen LogP contribution in [0.5, 0.6) is 0 Å². The molecule has 0 bridgehead atoms. The maximum absolute atomic E-state index is 6.04. The fraction of sp³-hybridized carbons (Fsp3) is 0.400. The summed E-state index contributed by atoms with van der Waals surface area (Å²) < 4.78 is 0. The van der Waals surface area contributed by atoms with Gasteiger partial charge in [0.2, 0.25) is 17.2 Å². The van der Waals surface area contributed by atoms with E-state index in [-0.39, 0.29) is 5.28 Å². The molecule has 1 aliphatic rings. The molecule has 2 heterocycles. The average Bonchev–Trinajstić information content (AvgIpc) is 2.96. The molecule has 0 aliphatic carbocycles. The van der Waals surface area contributed by atoms with Crippen molar-refractivity contribution in [2.75, 3.05) is 23.3 Å². The molecule has 1 aromatic heterocycles. The number of aryl methyl sites for hydroxylation is 2. The number of anilines is 3. The first-order valence-corrected chi connectivity index (χ1v) is 7.50. The van der Waals surface area contributed by atoms with Gasteiger partial charge in [0.25, 0.3) is 0 Å². The summed E-state index contributed by atoms with van der Waals surface area (Å²) in [5.41, 5.74) is 3.31. The number of nitrogens with zero attached hydrogens (tertiary/aromatic N) is 4. The van der Waals surface area contributed by atoms with Crippen LogP contribution in [0.15, 0.2) is 18.2 Å². The highest BCUT2D eigenvalue weighted by atomic mass is 35.5. The molecule has 0 unspecified atom stereocenters. The van der Waals surface area contributed by atoms with Crippen LogP contribution in [0.1, 0.15) is 24.0 Å². The number of hydrogen-bond donors (Lipinski definition) is 1. The van der Waals surface area contributed by atoms with Crippen molar-refractivity contribution in [1.82, 2.24) is 15.0 Å². The SMILES string of the molecule is Cc1ccc(C)c(Nc2nc(Cl)nc(N3CCCC3)n2)c1. The van der Waals surface area contributed by atoms with Crippen LogP contribution >= 0.6 is 11.6 Å². The molecule has 0 atom stereocenters. The van der Waals surface area contributed by atoms with Crippen LogP contribution in [-0.4, -0.2) is 28.0 Å². The zero-order chi connectivity index (χ0) is 14.8. The number of aromatic nitrogens is 3. The minimum absolute atomic E-state index is 0.222. The normalized spacial score (nSPS) is 14.5. The zero-order valence-electron chi connectivity index (χ0n) is 12.2. The van der Waals surface area contributed by atoms with Crippen molar-refractivity contribution in [3.05, 3.63) is 34.6 Å². The lowest BCUT2D eigenvalue weighted by Gasteiger charge is -2.16. The van der Waals surface area contributed by atoms with E-state index >= 15 is 0 Å². The Morgan fingerprint density at radius 3 is 2.62 bits per heavy atom. The quantitative estimate of drug-likeness (QED) is 0.940. The van der Waals surface area contributed by atoms with Crippen LogP contribution in [0.3, 0.4) is 0 Å². The first-order valence-electron chi connectivity index (χ1n) is 7.12. The fourth-order valence-corrected chi connectivity index (χ4v) is 2.60. The van der Waals surface area contributed by atoms with Crippen LogP contribution in [0.25, 0.3) is 0 Å². The van der Waals surface area contributed by atoms with E-state index in [1.54, 1.807) is 0 Å². The van der Waals surface area contributed by atoms with E-state index < -0.39 is 0 Å². The minimum atomic E-state index is 0.222. The molecule has 1 fully saturated rings. The van der Waals surface area contributed by atoms with Crippen molar-refractivity contribution in [3.8, 4) is 0 Å². The zero-order valence-corrected chi connectivity index (χ0v) is 13.0. The Balaban J connectivity index is 1.89. The number of nitrogens with one attached hydrogen (secondary N) is 1. The second-order valence-corrected chi connectivity index (χ2v) is 5.70. The molecule has 0 spiro atoms. The van der Waals surface area contributed by atoms with Crippen LogP contribution in [0.2, 0.25) is 5.28 Å². The van der Waals surface area contributed by atoms with Gasteiger partial charge in [0.15, 0.2) is 0 Å². The summed E-state index contributed by atoms with van der Waals surface area (Å²) >= 11 is 6.04. The second-order valence-electron chi connectivity index (χ2n) is 5.37. The molecule has 0 amide bonds. The Morgan fingerprint density at radius 2 is 1.86 bits per heavy atom. The predicted molar refractivity (Wildman–Crippen MR) is 85.5 cm³/mol. The summed E-state index contributed by atoms with van der Waals surface area (Å²) in [6.45, 7) is 6.05. The van der Waals surface area contributed by atoms with Gasteiger partial charge >= 0.3 is 0 Å². The van der Waals surface area contributed by atoms with E-state index in [4.69, 9.17) is 11.6 Å². The summed E-state index contributed by atoms with van der Waals surface area (Å²) in [5.74, 6) is 1.14. The maximum atomic E-state index is 6.04. The Morgan fingerprint density at radius 1 is 1.10 bits per heavy atom. The lowest BCUT2D eigenvalue weighted by atomic mass is 10.1. The molecule has 0 radical (unpaired) electrons. The third-order valence-electron chi connectivity index (χ3n) is 3.62. The van der Waals surface area contributed by atoms with Crippen LogP contribution in [-0.2, 0) is 0 Å². The standard InChI is InChI=1S/C15H18ClN5/c1-10-5-6-11(2)12(9-10)17-14-18-13(16)19-15(20-14)21-7-3-4-8-21/h5-6,9H,3-4,7-8H2,1-2H3,(H,17,18,19,20). The van der Waals surface area contributed by atoms with E-state index in [0.717, 1.165) is 24.3 Å². The molecule has 2 aromatic rings. The van der Waals surface area contributed by atoms with E-state index in [0.29, 0.717) is 11.9 Å². The number of rotatable bonds is 3. The minimum Gasteiger partial charge on any atom is -0.341 e. The van der Waals surface area contributed by atoms with E-state index in [9.17, 15) is 0 Å². The maximum Gasteiger partial charge on any atom is 0.233 e. The molecular weight excluding hydrogens is 286 g/mol. The van der Waals surface area contributed by atoms with Crippen molar-refractivity contribution < 1.29 is 0 Å². The van der Waals surface area contributed by atoms with E-state index in [1.165, 1.54) is 18.4 Å². The molecule has 0 saturated carbocycles. The molecule has 110 valence electrons. The molecule has 21 heavy (non-hydrogen) atoms. The van der Waals surface area contributed by atoms with Gasteiger partial charge in [0, 0.05) is 18.8 Å². The number of halogens is 1. The van der Waals surface area contributed by atoms with Gasteiger partial charge in [0.1, 0.15) is 0 Å². The molecule has 1 aliphatic heterocycles. The van der Waals surface area contributed by atoms with Crippen molar-refractivity contribution in [2.45, 2.75) is 26.7 Å². The van der Waals surface area contributed by atoms with Crippen LogP contribution in [0.4, 0.5) is 17.6 Å². The van der Waals surface area contributed by atoms with Gasteiger partial charge in [-0.15, -0.1) is 0 Å².